The fraction of sp³-hybridized carbons (Fsp3) is 0.500. The number of amides is 1. The average Bonchev–Trinajstić information content (AvgIpc) is 3.26. The molecule has 1 heterocycles. The van der Waals surface area contributed by atoms with Crippen molar-refractivity contribution in [2.24, 2.45) is 0 Å². The van der Waals surface area contributed by atoms with E-state index in [1.165, 1.54) is 29.3 Å². The summed E-state index contributed by atoms with van der Waals surface area (Å²) in [6, 6.07) is 7.01. The smallest absolute Gasteiger partial charge is 0.328 e. The minimum atomic E-state index is -4.39. The van der Waals surface area contributed by atoms with E-state index in [0.717, 1.165) is 24.6 Å². The van der Waals surface area contributed by atoms with Crippen molar-refractivity contribution in [2.75, 3.05) is 31.1 Å². The zero-order valence-corrected chi connectivity index (χ0v) is 18.6. The van der Waals surface area contributed by atoms with Crippen LogP contribution in [0.25, 0.3) is 0 Å². The molecule has 0 spiro atoms. The number of hydroxylamine groups is 2. The van der Waals surface area contributed by atoms with Crippen LogP contribution in [0.2, 0.25) is 0 Å². The van der Waals surface area contributed by atoms with Gasteiger partial charge in [-0.2, -0.15) is 23.0 Å². The molecule has 1 aliphatic heterocycles. The van der Waals surface area contributed by atoms with Crippen LogP contribution in [0.1, 0.15) is 18.4 Å². The highest BCUT2D eigenvalue weighted by atomic mass is 32.2. The third-order valence-electron chi connectivity index (χ3n) is 4.28. The van der Waals surface area contributed by atoms with Gasteiger partial charge >= 0.3 is 5.97 Å². The van der Waals surface area contributed by atoms with E-state index in [2.05, 4.69) is 5.32 Å². The van der Waals surface area contributed by atoms with E-state index in [1.807, 2.05) is 0 Å². The normalized spacial score (nSPS) is 15.0. The van der Waals surface area contributed by atoms with Crippen LogP contribution in [0.4, 0.5) is 5.69 Å². The Bertz CT molecular complexity index is 956. The highest BCUT2D eigenvalue weighted by Gasteiger charge is 2.37. The maximum atomic E-state index is 12.7. The van der Waals surface area contributed by atoms with Gasteiger partial charge in [0.2, 0.25) is 5.91 Å². The van der Waals surface area contributed by atoms with Crippen molar-refractivity contribution >= 4 is 39.4 Å². The Hall–Kier alpha value is -2.73. The van der Waals surface area contributed by atoms with Crippen molar-refractivity contribution in [3.8, 4) is 6.07 Å². The quantitative estimate of drug-likeness (QED) is 0.191. The predicted molar refractivity (Wildman–Crippen MR) is 113 cm³/mol. The largest absolute Gasteiger partial charge is 0.460 e. The molecule has 1 atom stereocenters. The van der Waals surface area contributed by atoms with E-state index in [4.69, 9.17) is 14.3 Å². The molecule has 32 heavy (non-hydrogen) atoms. The van der Waals surface area contributed by atoms with Gasteiger partial charge < -0.3 is 10.1 Å². The fourth-order valence-electron chi connectivity index (χ4n) is 2.64. The lowest BCUT2D eigenvalue weighted by molar-refractivity contribution is -0.384. The molecule has 14 heteroatoms. The van der Waals surface area contributed by atoms with Crippen LogP contribution in [-0.4, -0.2) is 66.7 Å². The van der Waals surface area contributed by atoms with Crippen molar-refractivity contribution in [1.29, 1.82) is 5.26 Å². The van der Waals surface area contributed by atoms with Crippen molar-refractivity contribution < 1.29 is 32.0 Å². The van der Waals surface area contributed by atoms with Crippen molar-refractivity contribution in [2.45, 2.75) is 24.7 Å². The molecule has 1 N–H and O–H groups in total. The minimum absolute atomic E-state index is 0.134. The summed E-state index contributed by atoms with van der Waals surface area (Å²) in [4.78, 5) is 34.4. The summed E-state index contributed by atoms with van der Waals surface area (Å²) in [5.74, 6) is -2.00. The number of hydrogen-bond donors (Lipinski definition) is 1. The molecular weight excluding hydrogens is 464 g/mol. The van der Waals surface area contributed by atoms with Gasteiger partial charge in [-0.3, -0.25) is 19.7 Å². The van der Waals surface area contributed by atoms with Crippen molar-refractivity contribution in [3.63, 3.8) is 0 Å². The number of nitro benzene ring substituents is 1. The first-order valence-electron chi connectivity index (χ1n) is 9.52. The van der Waals surface area contributed by atoms with E-state index in [9.17, 15) is 28.1 Å². The summed E-state index contributed by atoms with van der Waals surface area (Å²) in [6.45, 7) is 0.345. The summed E-state index contributed by atoms with van der Waals surface area (Å²) >= 11 is 0.885. The van der Waals surface area contributed by atoms with Crippen LogP contribution >= 0.6 is 11.8 Å². The number of carbonyl (C=O) groups excluding carboxylic acids is 2. The molecule has 1 fully saturated rings. The number of nitriles is 1. The second kappa shape index (κ2) is 12.3. The minimum Gasteiger partial charge on any atom is -0.460 e. The van der Waals surface area contributed by atoms with Crippen LogP contribution in [0.3, 0.4) is 0 Å². The van der Waals surface area contributed by atoms with Crippen molar-refractivity contribution in [3.05, 3.63) is 39.9 Å². The van der Waals surface area contributed by atoms with E-state index in [-0.39, 0.29) is 30.3 Å². The molecule has 1 aromatic carbocycles. The van der Waals surface area contributed by atoms with Crippen molar-refractivity contribution in [1.82, 2.24) is 10.4 Å². The molecule has 0 radical (unpaired) electrons. The molecule has 1 aliphatic rings. The topological polar surface area (TPSA) is 169 Å². The van der Waals surface area contributed by atoms with Crippen LogP contribution in [-0.2, 0) is 35.3 Å². The summed E-state index contributed by atoms with van der Waals surface area (Å²) in [5, 5.41) is 21.1. The number of rotatable bonds is 12. The van der Waals surface area contributed by atoms with Gasteiger partial charge in [-0.15, -0.1) is 11.8 Å². The number of non-ortho nitro benzene ring substituents is 1. The van der Waals surface area contributed by atoms with E-state index in [1.54, 1.807) is 6.07 Å². The van der Waals surface area contributed by atoms with Crippen LogP contribution < -0.4 is 5.32 Å². The molecular formula is C18H22N4O8S2. The molecule has 0 bridgehead atoms. The van der Waals surface area contributed by atoms with Crippen LogP contribution in [0, 0.1) is 21.4 Å². The maximum absolute atomic E-state index is 12.7. The molecule has 1 amide bonds. The Kier molecular flexibility index (Phi) is 9.85. The molecule has 2 rings (SSSR count). The Morgan fingerprint density at radius 2 is 1.94 bits per heavy atom. The van der Waals surface area contributed by atoms with Crippen LogP contribution in [0.15, 0.2) is 24.3 Å². The summed E-state index contributed by atoms with van der Waals surface area (Å²) in [7, 11) is -4.39. The highest BCUT2D eigenvalue weighted by Crippen LogP contribution is 2.19. The number of carbonyl (C=O) groups is 2. The molecule has 0 saturated carbocycles. The molecule has 174 valence electrons. The lowest BCUT2D eigenvalue weighted by atomic mass is 10.2. The molecule has 1 saturated heterocycles. The maximum Gasteiger partial charge on any atom is 0.328 e. The lowest BCUT2D eigenvalue weighted by Crippen LogP contribution is -2.39. The molecule has 1 aromatic rings. The van der Waals surface area contributed by atoms with Gasteiger partial charge in [-0.1, -0.05) is 0 Å². The average molecular weight is 487 g/mol. The monoisotopic (exact) mass is 486 g/mol. The number of nitrogens with one attached hydrogen (secondary N) is 1. The van der Waals surface area contributed by atoms with Crippen LogP contribution in [0.5, 0.6) is 0 Å². The second-order valence-corrected chi connectivity index (χ2v) is 9.41. The second-order valence-electron chi connectivity index (χ2n) is 6.67. The van der Waals surface area contributed by atoms with Gasteiger partial charge in [0.1, 0.15) is 13.2 Å². The van der Waals surface area contributed by atoms with Gasteiger partial charge in [-0.25, -0.2) is 0 Å². The summed E-state index contributed by atoms with van der Waals surface area (Å²) in [5.41, 5.74) is 0.301. The van der Waals surface area contributed by atoms with Gasteiger partial charge in [0.25, 0.3) is 15.8 Å². The first kappa shape index (κ1) is 25.5. The van der Waals surface area contributed by atoms with Gasteiger partial charge in [0.05, 0.1) is 16.7 Å². The first-order chi connectivity index (χ1) is 15.2. The molecule has 0 aliphatic carbocycles. The van der Waals surface area contributed by atoms with E-state index < -0.39 is 32.2 Å². The first-order valence-corrected chi connectivity index (χ1v) is 12.2. The highest BCUT2D eigenvalue weighted by molar-refractivity contribution is 8.01. The zero-order valence-electron chi connectivity index (χ0n) is 17.0. The van der Waals surface area contributed by atoms with E-state index >= 15 is 0 Å². The Labute approximate surface area is 189 Å². The third kappa shape index (κ3) is 8.08. The number of ether oxygens (including phenoxy) is 1. The standard InChI is InChI=1S/C18H22N4O8S2/c19-7-8-20-17(23)13-31-12-16(32(27,28)30-21-9-1-2-10-21)18(24)29-11-14-3-5-15(6-4-14)22(25)26/h3-6,16H,1-2,8-13H2,(H,20,23). The van der Waals surface area contributed by atoms with Gasteiger partial charge in [-0.05, 0) is 30.5 Å². The molecule has 1 unspecified atom stereocenters. The van der Waals surface area contributed by atoms with Gasteiger partial charge in [0, 0.05) is 31.0 Å². The summed E-state index contributed by atoms with van der Waals surface area (Å²) < 4.78 is 35.6. The molecule has 0 aromatic heterocycles. The number of thioether (sulfide) groups is 1. The number of benzene rings is 1. The van der Waals surface area contributed by atoms with Gasteiger partial charge in [0.15, 0.2) is 5.25 Å². The Balaban J connectivity index is 2.02. The number of nitrogens with zero attached hydrogens (tertiary/aromatic N) is 3. The summed E-state index contributed by atoms with van der Waals surface area (Å²) in [6.07, 6.45) is 1.52. The molecule has 12 nitrogen and oxygen atoms in total. The number of nitro groups is 1. The number of hydrogen-bond acceptors (Lipinski definition) is 11. The Morgan fingerprint density at radius 3 is 2.53 bits per heavy atom. The third-order valence-corrected chi connectivity index (χ3v) is 7.00. The Morgan fingerprint density at radius 1 is 1.28 bits per heavy atom. The predicted octanol–water partition coefficient (Wildman–Crippen LogP) is 0.737. The fourth-order valence-corrected chi connectivity index (χ4v) is 5.20. The zero-order chi connectivity index (χ0) is 23.6. The number of esters is 1. The lowest BCUT2D eigenvalue weighted by Gasteiger charge is -2.20. The van der Waals surface area contributed by atoms with E-state index in [0.29, 0.717) is 18.7 Å². The SMILES string of the molecule is N#CCNC(=O)CSCC(C(=O)OCc1ccc([N+](=O)[O-])cc1)S(=O)(=O)ON1CCCC1.